The second kappa shape index (κ2) is 10.2. The van der Waals surface area contributed by atoms with E-state index in [1.54, 1.807) is 12.1 Å². The molecule has 0 atom stereocenters. The summed E-state index contributed by atoms with van der Waals surface area (Å²) in [6.45, 7) is -0.817. The lowest BCUT2D eigenvalue weighted by molar-refractivity contribution is -0.119. The van der Waals surface area contributed by atoms with Crippen molar-refractivity contribution >= 4 is 33.6 Å². The maximum Gasteiger partial charge on any atom is 0.338 e. The predicted molar refractivity (Wildman–Crippen MR) is 107 cm³/mol. The minimum Gasteiger partial charge on any atom is -0.465 e. The van der Waals surface area contributed by atoms with Gasteiger partial charge in [-0.3, -0.25) is 4.79 Å². The number of ether oxygens (including phenoxy) is 2. The van der Waals surface area contributed by atoms with Crippen molar-refractivity contribution in [2.24, 2.45) is 0 Å². The van der Waals surface area contributed by atoms with Gasteiger partial charge in [-0.05, 0) is 36.4 Å². The molecule has 0 fully saturated rings. The van der Waals surface area contributed by atoms with Crippen LogP contribution in [0.4, 0.5) is 5.69 Å². The molecule has 9 nitrogen and oxygen atoms in total. The van der Waals surface area contributed by atoms with Crippen molar-refractivity contribution in [3.63, 3.8) is 0 Å². The van der Waals surface area contributed by atoms with Gasteiger partial charge in [0.25, 0.3) is 5.91 Å². The number of sulfonamides is 1. The molecule has 0 heterocycles. The minimum absolute atomic E-state index is 0.0564. The first-order valence-electron chi connectivity index (χ1n) is 8.45. The molecule has 0 radical (unpaired) electrons. The highest BCUT2D eigenvalue weighted by molar-refractivity contribution is 7.89. The average Bonchev–Trinajstić information content (AvgIpc) is 2.75. The Morgan fingerprint density at radius 2 is 1.70 bits per heavy atom. The van der Waals surface area contributed by atoms with Gasteiger partial charge in [0.1, 0.15) is 0 Å². The fourth-order valence-electron chi connectivity index (χ4n) is 2.26. The van der Waals surface area contributed by atoms with E-state index < -0.39 is 34.5 Å². The van der Waals surface area contributed by atoms with E-state index in [0.717, 1.165) is 6.07 Å². The van der Waals surface area contributed by atoms with Crippen LogP contribution in [0.5, 0.6) is 0 Å². The largest absolute Gasteiger partial charge is 0.465 e. The molecule has 0 aliphatic carbocycles. The summed E-state index contributed by atoms with van der Waals surface area (Å²) in [4.78, 5) is 35.5. The van der Waals surface area contributed by atoms with Gasteiger partial charge in [-0.15, -0.1) is 6.42 Å². The van der Waals surface area contributed by atoms with Crippen LogP contribution in [-0.2, 0) is 24.3 Å². The van der Waals surface area contributed by atoms with Crippen LogP contribution in [0.25, 0.3) is 0 Å². The number of methoxy groups -OCH3 is 1. The number of carbonyl (C=O) groups excluding carboxylic acids is 3. The normalized spacial score (nSPS) is 10.5. The van der Waals surface area contributed by atoms with Gasteiger partial charge in [0.15, 0.2) is 6.61 Å². The fourth-order valence-corrected chi connectivity index (χ4v) is 3.24. The van der Waals surface area contributed by atoms with Gasteiger partial charge in [0.2, 0.25) is 10.0 Å². The van der Waals surface area contributed by atoms with E-state index in [1.807, 2.05) is 0 Å². The van der Waals surface area contributed by atoms with Gasteiger partial charge in [-0.1, -0.05) is 18.1 Å². The molecule has 2 rings (SSSR count). The highest BCUT2D eigenvalue weighted by atomic mass is 32.2. The van der Waals surface area contributed by atoms with Crippen molar-refractivity contribution < 1.29 is 32.3 Å². The first-order chi connectivity index (χ1) is 14.3. The molecular weight excluding hydrogens is 412 g/mol. The Bertz CT molecular complexity index is 1100. The van der Waals surface area contributed by atoms with Crippen molar-refractivity contribution in [3.8, 4) is 12.3 Å². The number of terminal acetylenes is 1. The van der Waals surface area contributed by atoms with E-state index in [9.17, 15) is 22.8 Å². The molecule has 1 amide bonds. The van der Waals surface area contributed by atoms with Gasteiger partial charge >= 0.3 is 11.9 Å². The lowest BCUT2D eigenvalue weighted by atomic mass is 10.2. The van der Waals surface area contributed by atoms with E-state index in [-0.39, 0.29) is 22.6 Å². The number of hydrogen-bond donors (Lipinski definition) is 2. The molecule has 0 bridgehead atoms. The third kappa shape index (κ3) is 6.16. The van der Waals surface area contributed by atoms with E-state index in [0.29, 0.717) is 5.69 Å². The molecule has 2 N–H and O–H groups in total. The smallest absolute Gasteiger partial charge is 0.338 e. The molecule has 0 aliphatic heterocycles. The SMILES string of the molecule is C#CCNS(=O)(=O)c1cccc(C(=O)OCC(=O)Nc2cccc(C(=O)OC)c2)c1. The lowest BCUT2D eigenvalue weighted by Gasteiger charge is -2.09. The predicted octanol–water partition coefficient (Wildman–Crippen LogP) is 1.18. The molecular formula is C20H18N2O7S. The molecule has 2 aromatic carbocycles. The quantitative estimate of drug-likeness (QED) is 0.475. The summed E-state index contributed by atoms with van der Waals surface area (Å²) in [7, 11) is -2.65. The third-order valence-corrected chi connectivity index (χ3v) is 5.04. The van der Waals surface area contributed by atoms with E-state index in [4.69, 9.17) is 11.2 Å². The van der Waals surface area contributed by atoms with Crippen LogP contribution in [-0.4, -0.2) is 46.5 Å². The number of amides is 1. The van der Waals surface area contributed by atoms with Crippen molar-refractivity contribution in [3.05, 3.63) is 59.7 Å². The highest BCUT2D eigenvalue weighted by Gasteiger charge is 2.17. The Kier molecular flexibility index (Phi) is 7.69. The summed E-state index contributed by atoms with van der Waals surface area (Å²) in [5.41, 5.74) is 0.495. The van der Waals surface area contributed by atoms with Crippen molar-refractivity contribution in [1.82, 2.24) is 4.72 Å². The molecule has 0 spiro atoms. The highest BCUT2D eigenvalue weighted by Crippen LogP contribution is 2.13. The molecule has 0 saturated heterocycles. The first kappa shape index (κ1) is 22.6. The number of rotatable bonds is 8. The first-order valence-corrected chi connectivity index (χ1v) is 9.93. The molecule has 30 heavy (non-hydrogen) atoms. The van der Waals surface area contributed by atoms with Gasteiger partial charge in [-0.25, -0.2) is 18.0 Å². The van der Waals surface area contributed by atoms with Crippen molar-refractivity contribution in [1.29, 1.82) is 0 Å². The van der Waals surface area contributed by atoms with E-state index >= 15 is 0 Å². The summed E-state index contributed by atoms with van der Waals surface area (Å²) >= 11 is 0. The molecule has 156 valence electrons. The molecule has 0 saturated carbocycles. The number of nitrogens with one attached hydrogen (secondary N) is 2. The standard InChI is InChI=1S/C20H18N2O7S/c1-3-10-21-30(26,27)17-9-5-7-15(12-17)20(25)29-13-18(23)22-16-8-4-6-14(11-16)19(24)28-2/h1,4-9,11-12,21H,10,13H2,2H3,(H,22,23). The topological polar surface area (TPSA) is 128 Å². The third-order valence-electron chi connectivity index (χ3n) is 3.65. The average molecular weight is 430 g/mol. The fraction of sp³-hybridized carbons (Fsp3) is 0.150. The second-order valence-electron chi connectivity index (χ2n) is 5.75. The maximum absolute atomic E-state index is 12.2. The van der Waals surface area contributed by atoms with Crippen LogP contribution in [0.1, 0.15) is 20.7 Å². The zero-order chi connectivity index (χ0) is 22.1. The van der Waals surface area contributed by atoms with E-state index in [1.165, 1.54) is 37.4 Å². The molecule has 2 aromatic rings. The molecule has 0 aromatic heterocycles. The Morgan fingerprint density at radius 1 is 1.03 bits per heavy atom. The van der Waals surface area contributed by atoms with Gasteiger partial charge in [-0.2, -0.15) is 4.72 Å². The van der Waals surface area contributed by atoms with Gasteiger partial charge in [0.05, 0.1) is 29.7 Å². The van der Waals surface area contributed by atoms with Crippen molar-refractivity contribution in [2.75, 3.05) is 25.6 Å². The monoisotopic (exact) mass is 430 g/mol. The summed E-state index contributed by atoms with van der Waals surface area (Å²) in [5.74, 6) is 0.0440. The summed E-state index contributed by atoms with van der Waals surface area (Å²) in [6.07, 6.45) is 5.03. The summed E-state index contributed by atoms with van der Waals surface area (Å²) in [6, 6.07) is 11.1. The minimum atomic E-state index is -3.88. The number of benzene rings is 2. The zero-order valence-electron chi connectivity index (χ0n) is 15.9. The van der Waals surface area contributed by atoms with E-state index in [2.05, 4.69) is 20.7 Å². The van der Waals surface area contributed by atoms with Crippen LogP contribution in [0.15, 0.2) is 53.4 Å². The van der Waals surface area contributed by atoms with Crippen molar-refractivity contribution in [2.45, 2.75) is 4.90 Å². The van der Waals surface area contributed by atoms with Crippen LogP contribution >= 0.6 is 0 Å². The van der Waals surface area contributed by atoms with Crippen LogP contribution in [0.2, 0.25) is 0 Å². The summed E-state index contributed by atoms with van der Waals surface area (Å²) < 4.78 is 35.8. The number of hydrogen-bond acceptors (Lipinski definition) is 7. The maximum atomic E-state index is 12.2. The summed E-state index contributed by atoms with van der Waals surface area (Å²) in [5, 5.41) is 2.48. The molecule has 10 heteroatoms. The number of anilines is 1. The van der Waals surface area contributed by atoms with Gasteiger partial charge < -0.3 is 14.8 Å². The number of carbonyl (C=O) groups is 3. The lowest BCUT2D eigenvalue weighted by Crippen LogP contribution is -2.24. The molecule has 0 unspecified atom stereocenters. The van der Waals surface area contributed by atoms with Crippen LogP contribution < -0.4 is 10.0 Å². The zero-order valence-corrected chi connectivity index (χ0v) is 16.7. The van der Waals surface area contributed by atoms with Crippen LogP contribution in [0.3, 0.4) is 0 Å². The van der Waals surface area contributed by atoms with Crippen LogP contribution in [0, 0.1) is 12.3 Å². The Morgan fingerprint density at radius 3 is 2.37 bits per heavy atom. The molecule has 0 aliphatic rings. The Balaban J connectivity index is 1.99. The van der Waals surface area contributed by atoms with Gasteiger partial charge in [0, 0.05) is 5.69 Å². The Labute approximate surface area is 173 Å². The number of esters is 2. The second-order valence-corrected chi connectivity index (χ2v) is 7.52. The Hall–Kier alpha value is -3.68.